The summed E-state index contributed by atoms with van der Waals surface area (Å²) in [6.45, 7) is 0.587. The molecule has 0 saturated carbocycles. The largest absolute Gasteiger partial charge is 0.347 e. The lowest BCUT2D eigenvalue weighted by Gasteiger charge is -2.17. The van der Waals surface area contributed by atoms with E-state index in [-0.39, 0.29) is 18.4 Å². The Balaban J connectivity index is 1.51. The van der Waals surface area contributed by atoms with Crippen LogP contribution in [0.1, 0.15) is 6.42 Å². The van der Waals surface area contributed by atoms with Crippen molar-refractivity contribution in [2.24, 2.45) is 0 Å². The average Bonchev–Trinajstić information content (AvgIpc) is 3.04. The van der Waals surface area contributed by atoms with Crippen LogP contribution in [0, 0.1) is 0 Å². The number of para-hydroxylation sites is 1. The lowest BCUT2D eigenvalue weighted by molar-refractivity contribution is -0.133. The zero-order chi connectivity index (χ0) is 18.5. The Bertz CT molecular complexity index is 918. The first-order chi connectivity index (χ1) is 12.5. The molecule has 2 amide bonds. The van der Waals surface area contributed by atoms with Gasteiger partial charge in [-0.3, -0.25) is 9.59 Å². The average molecular weight is 370 g/mol. The van der Waals surface area contributed by atoms with Crippen molar-refractivity contribution in [2.45, 2.75) is 13.0 Å². The van der Waals surface area contributed by atoms with Gasteiger partial charge in [0.1, 0.15) is 0 Å². The second-order valence-corrected chi connectivity index (χ2v) is 6.56. The summed E-state index contributed by atoms with van der Waals surface area (Å²) in [7, 11) is 1.64. The van der Waals surface area contributed by atoms with E-state index in [2.05, 4.69) is 9.88 Å². The molecule has 1 N–H and O–H groups in total. The maximum Gasteiger partial charge on any atom is 0.243 e. The fraction of sp³-hybridized carbons (Fsp3) is 0.200. The van der Waals surface area contributed by atoms with Gasteiger partial charge < -0.3 is 14.8 Å². The van der Waals surface area contributed by atoms with Gasteiger partial charge in [-0.2, -0.15) is 0 Å². The van der Waals surface area contributed by atoms with Crippen LogP contribution < -0.4 is 5.32 Å². The van der Waals surface area contributed by atoms with Crippen molar-refractivity contribution in [3.63, 3.8) is 0 Å². The van der Waals surface area contributed by atoms with Gasteiger partial charge in [0, 0.05) is 42.4 Å². The molecule has 134 valence electrons. The zero-order valence-corrected chi connectivity index (χ0v) is 15.2. The normalized spacial score (nSPS) is 10.7. The molecule has 26 heavy (non-hydrogen) atoms. The van der Waals surface area contributed by atoms with Crippen molar-refractivity contribution in [3.05, 3.63) is 65.8 Å². The van der Waals surface area contributed by atoms with Gasteiger partial charge in [0.15, 0.2) is 0 Å². The van der Waals surface area contributed by atoms with Gasteiger partial charge in [0.2, 0.25) is 11.8 Å². The molecule has 0 atom stereocenters. The van der Waals surface area contributed by atoms with Gasteiger partial charge in [-0.1, -0.05) is 29.8 Å². The van der Waals surface area contributed by atoms with Gasteiger partial charge in [-0.05, 0) is 41.8 Å². The molecule has 0 unspecified atom stereocenters. The number of fused-ring (bicyclic) bond motifs is 1. The third-order valence-corrected chi connectivity index (χ3v) is 4.43. The van der Waals surface area contributed by atoms with Crippen LogP contribution in [0.3, 0.4) is 0 Å². The van der Waals surface area contributed by atoms with Crippen molar-refractivity contribution in [3.8, 4) is 0 Å². The summed E-state index contributed by atoms with van der Waals surface area (Å²) in [5.41, 5.74) is 1.75. The number of nitrogens with one attached hydrogen (secondary N) is 1. The van der Waals surface area contributed by atoms with E-state index in [1.165, 1.54) is 4.90 Å². The van der Waals surface area contributed by atoms with E-state index >= 15 is 0 Å². The summed E-state index contributed by atoms with van der Waals surface area (Å²) >= 11 is 5.82. The Hall–Kier alpha value is -2.79. The van der Waals surface area contributed by atoms with Crippen LogP contribution in [0.4, 0.5) is 5.69 Å². The molecule has 0 radical (unpaired) electrons. The Morgan fingerprint density at radius 2 is 1.81 bits per heavy atom. The van der Waals surface area contributed by atoms with Crippen LogP contribution in [-0.4, -0.2) is 34.9 Å². The van der Waals surface area contributed by atoms with E-state index in [0.29, 0.717) is 23.7 Å². The summed E-state index contributed by atoms with van der Waals surface area (Å²) in [6.07, 6.45) is 2.31. The number of aryl methyl sites for hydroxylation is 1. The molecule has 0 fully saturated rings. The summed E-state index contributed by atoms with van der Waals surface area (Å²) in [6, 6.07) is 16.9. The summed E-state index contributed by atoms with van der Waals surface area (Å²) in [5, 5.41) is 4.51. The Morgan fingerprint density at radius 1 is 1.08 bits per heavy atom. The molecule has 3 rings (SSSR count). The van der Waals surface area contributed by atoms with Crippen LogP contribution in [0.15, 0.2) is 60.8 Å². The second kappa shape index (κ2) is 8.06. The highest BCUT2D eigenvalue weighted by atomic mass is 35.5. The highest BCUT2D eigenvalue weighted by Gasteiger charge is 2.13. The maximum absolute atomic E-state index is 12.3. The first kappa shape index (κ1) is 18.0. The Kier molecular flexibility index (Phi) is 5.58. The smallest absolute Gasteiger partial charge is 0.243 e. The van der Waals surface area contributed by atoms with Gasteiger partial charge in [-0.25, -0.2) is 0 Å². The van der Waals surface area contributed by atoms with E-state index in [1.807, 2.05) is 36.5 Å². The number of nitrogens with zero attached hydrogens (tertiary/aromatic N) is 2. The predicted molar refractivity (Wildman–Crippen MR) is 104 cm³/mol. The number of amides is 2. The monoisotopic (exact) mass is 369 g/mol. The van der Waals surface area contributed by atoms with Gasteiger partial charge in [0.05, 0.1) is 6.54 Å². The van der Waals surface area contributed by atoms with Gasteiger partial charge >= 0.3 is 0 Å². The van der Waals surface area contributed by atoms with Crippen molar-refractivity contribution in [1.29, 1.82) is 0 Å². The minimum absolute atomic E-state index is 0.00782. The molecule has 2 aromatic carbocycles. The number of carbonyl (C=O) groups is 2. The summed E-state index contributed by atoms with van der Waals surface area (Å²) in [5.74, 6) is -0.316. The minimum atomic E-state index is -0.241. The minimum Gasteiger partial charge on any atom is -0.347 e. The first-order valence-corrected chi connectivity index (χ1v) is 8.74. The maximum atomic E-state index is 12.3. The number of hydrogen-bond acceptors (Lipinski definition) is 2. The van der Waals surface area contributed by atoms with Crippen molar-refractivity contribution in [2.75, 3.05) is 18.9 Å². The molecule has 0 aliphatic rings. The summed E-state index contributed by atoms with van der Waals surface area (Å²) in [4.78, 5) is 25.8. The van der Waals surface area contributed by atoms with Crippen LogP contribution >= 0.6 is 11.6 Å². The number of hydrogen-bond donors (Lipinski definition) is 1. The molecule has 3 aromatic rings. The number of rotatable bonds is 6. The topological polar surface area (TPSA) is 54.3 Å². The number of likely N-dealkylation sites (N-methyl/N-ethyl adjacent to an activating group) is 1. The van der Waals surface area contributed by atoms with Crippen LogP contribution in [0.5, 0.6) is 0 Å². The number of halogens is 1. The van der Waals surface area contributed by atoms with Crippen LogP contribution in [0.25, 0.3) is 10.9 Å². The van der Waals surface area contributed by atoms with E-state index in [0.717, 1.165) is 10.9 Å². The quantitative estimate of drug-likeness (QED) is 0.718. The van der Waals surface area contributed by atoms with Crippen molar-refractivity contribution >= 4 is 40.0 Å². The molecule has 0 aliphatic carbocycles. The molecule has 1 aromatic heterocycles. The second-order valence-electron chi connectivity index (χ2n) is 6.12. The van der Waals surface area contributed by atoms with Gasteiger partial charge in [0.25, 0.3) is 0 Å². The molecule has 0 bridgehead atoms. The van der Waals surface area contributed by atoms with Crippen molar-refractivity contribution < 1.29 is 9.59 Å². The Labute approximate surface area is 157 Å². The fourth-order valence-corrected chi connectivity index (χ4v) is 2.91. The van der Waals surface area contributed by atoms with E-state index in [1.54, 1.807) is 31.3 Å². The standard InChI is InChI=1S/C20H20ClN3O2/c1-23(14-19(25)22-17-8-6-16(21)7-9-17)20(26)11-13-24-12-10-15-4-2-3-5-18(15)24/h2-10,12H,11,13-14H2,1H3,(H,22,25). The molecular weight excluding hydrogens is 350 g/mol. The fourth-order valence-electron chi connectivity index (χ4n) is 2.78. The van der Waals surface area contributed by atoms with Gasteiger partial charge in [-0.15, -0.1) is 0 Å². The number of carbonyl (C=O) groups excluding carboxylic acids is 2. The molecule has 5 nitrogen and oxygen atoms in total. The van der Waals surface area contributed by atoms with Crippen molar-refractivity contribution in [1.82, 2.24) is 9.47 Å². The Morgan fingerprint density at radius 3 is 2.58 bits per heavy atom. The van der Waals surface area contributed by atoms with E-state index in [4.69, 9.17) is 11.6 Å². The third-order valence-electron chi connectivity index (χ3n) is 4.18. The lowest BCUT2D eigenvalue weighted by atomic mass is 10.2. The molecular formula is C20H20ClN3O2. The summed E-state index contributed by atoms with van der Waals surface area (Å²) < 4.78 is 2.05. The molecule has 0 saturated heterocycles. The number of anilines is 1. The molecule has 1 heterocycles. The van der Waals surface area contributed by atoms with Crippen LogP contribution in [-0.2, 0) is 16.1 Å². The first-order valence-electron chi connectivity index (χ1n) is 8.36. The third kappa shape index (κ3) is 4.43. The van der Waals surface area contributed by atoms with Crippen LogP contribution in [0.2, 0.25) is 5.02 Å². The predicted octanol–water partition coefficient (Wildman–Crippen LogP) is 3.78. The molecule has 0 spiro atoms. The van der Waals surface area contributed by atoms with E-state index < -0.39 is 0 Å². The van der Waals surface area contributed by atoms with E-state index in [9.17, 15) is 9.59 Å². The molecule has 0 aliphatic heterocycles. The molecule has 6 heteroatoms. The SMILES string of the molecule is CN(CC(=O)Nc1ccc(Cl)cc1)C(=O)CCn1ccc2ccccc21. The highest BCUT2D eigenvalue weighted by molar-refractivity contribution is 6.30. The number of aromatic nitrogens is 1. The number of benzene rings is 2. The lowest BCUT2D eigenvalue weighted by Crippen LogP contribution is -2.35. The zero-order valence-electron chi connectivity index (χ0n) is 14.5. The highest BCUT2D eigenvalue weighted by Crippen LogP contribution is 2.16.